The fourth-order valence-electron chi connectivity index (χ4n) is 1.36. The van der Waals surface area contributed by atoms with E-state index in [1.54, 1.807) is 13.8 Å². The lowest BCUT2D eigenvalue weighted by molar-refractivity contribution is 0.0301. The lowest BCUT2D eigenvalue weighted by Gasteiger charge is -2.12. The number of nitrogens with zero attached hydrogens (tertiary/aromatic N) is 2. The van der Waals surface area contributed by atoms with Crippen molar-refractivity contribution in [2.24, 2.45) is 0 Å². The van der Waals surface area contributed by atoms with Crippen molar-refractivity contribution in [2.75, 3.05) is 0 Å². The van der Waals surface area contributed by atoms with Gasteiger partial charge in [-0.05, 0) is 20.3 Å². The number of carbonyl (C=O) groups excluding carboxylic acids is 1. The van der Waals surface area contributed by atoms with Gasteiger partial charge in [0, 0.05) is 0 Å². The molecule has 0 aliphatic heterocycles. The molecule has 1 heterocycles. The molecule has 1 unspecified atom stereocenters. The minimum Gasteiger partial charge on any atom is -0.458 e. The largest absolute Gasteiger partial charge is 0.458 e. The first kappa shape index (κ1) is 12.2. The van der Waals surface area contributed by atoms with E-state index in [0.29, 0.717) is 23.4 Å². The van der Waals surface area contributed by atoms with Crippen LogP contribution in [0.2, 0.25) is 0 Å². The summed E-state index contributed by atoms with van der Waals surface area (Å²) in [7, 11) is 0. The van der Waals surface area contributed by atoms with Crippen molar-refractivity contribution in [1.82, 2.24) is 5.16 Å². The van der Waals surface area contributed by atoms with Crippen molar-refractivity contribution in [2.45, 2.75) is 39.7 Å². The number of esters is 1. The molecule has 0 spiro atoms. The first-order valence-corrected chi connectivity index (χ1v) is 5.11. The Labute approximate surface area is 94.0 Å². The number of hydrogen-bond acceptors (Lipinski definition) is 5. The van der Waals surface area contributed by atoms with Gasteiger partial charge >= 0.3 is 5.97 Å². The van der Waals surface area contributed by atoms with Gasteiger partial charge in [-0.1, -0.05) is 12.1 Å². The SMILES string of the molecule is CCC(CC#N)OC(=O)c1c(C)noc1C. The van der Waals surface area contributed by atoms with Crippen molar-refractivity contribution in [1.29, 1.82) is 5.26 Å². The normalized spacial score (nSPS) is 11.9. The molecule has 5 nitrogen and oxygen atoms in total. The summed E-state index contributed by atoms with van der Waals surface area (Å²) in [6.45, 7) is 5.20. The van der Waals surface area contributed by atoms with E-state index in [4.69, 9.17) is 14.5 Å². The van der Waals surface area contributed by atoms with Crippen LogP contribution in [-0.4, -0.2) is 17.2 Å². The third kappa shape index (κ3) is 2.60. The number of aromatic nitrogens is 1. The summed E-state index contributed by atoms with van der Waals surface area (Å²) in [6, 6.07) is 1.98. The molecule has 0 amide bonds. The Balaban J connectivity index is 2.76. The monoisotopic (exact) mass is 222 g/mol. The van der Waals surface area contributed by atoms with Crippen LogP contribution in [0, 0.1) is 25.2 Å². The third-order valence-corrected chi connectivity index (χ3v) is 2.29. The van der Waals surface area contributed by atoms with Crippen molar-refractivity contribution in [3.8, 4) is 6.07 Å². The summed E-state index contributed by atoms with van der Waals surface area (Å²) < 4.78 is 10.1. The smallest absolute Gasteiger partial charge is 0.343 e. The molecule has 1 atom stereocenters. The molecule has 0 radical (unpaired) electrons. The van der Waals surface area contributed by atoms with Gasteiger partial charge in [0.25, 0.3) is 0 Å². The van der Waals surface area contributed by atoms with E-state index in [9.17, 15) is 4.79 Å². The van der Waals surface area contributed by atoms with Crippen LogP contribution in [0.15, 0.2) is 4.52 Å². The Kier molecular flexibility index (Phi) is 4.06. The maximum atomic E-state index is 11.8. The summed E-state index contributed by atoms with van der Waals surface area (Å²) in [6.07, 6.45) is 0.445. The summed E-state index contributed by atoms with van der Waals surface area (Å²) in [4.78, 5) is 11.8. The van der Waals surface area contributed by atoms with Crippen molar-refractivity contribution in [3.63, 3.8) is 0 Å². The lowest BCUT2D eigenvalue weighted by atomic mass is 10.2. The Morgan fingerprint density at radius 1 is 1.62 bits per heavy atom. The fourth-order valence-corrected chi connectivity index (χ4v) is 1.36. The van der Waals surface area contributed by atoms with Crippen LogP contribution in [-0.2, 0) is 4.74 Å². The molecule has 0 saturated carbocycles. The van der Waals surface area contributed by atoms with Gasteiger partial charge in [0.1, 0.15) is 17.4 Å². The zero-order valence-electron chi connectivity index (χ0n) is 9.61. The second-order valence-corrected chi connectivity index (χ2v) is 3.50. The molecule has 0 aromatic carbocycles. The first-order chi connectivity index (χ1) is 7.60. The molecule has 5 heteroatoms. The minimum atomic E-state index is -0.474. The summed E-state index contributed by atoms with van der Waals surface area (Å²) in [5.41, 5.74) is 0.866. The van der Waals surface area contributed by atoms with Gasteiger partial charge in [-0.3, -0.25) is 0 Å². The minimum absolute atomic E-state index is 0.200. The fraction of sp³-hybridized carbons (Fsp3) is 0.545. The predicted octanol–water partition coefficient (Wildman–Crippen LogP) is 2.14. The zero-order chi connectivity index (χ0) is 12.1. The van der Waals surface area contributed by atoms with Crippen LogP contribution in [0.1, 0.15) is 41.6 Å². The predicted molar refractivity (Wildman–Crippen MR) is 55.7 cm³/mol. The maximum absolute atomic E-state index is 11.8. The van der Waals surface area contributed by atoms with E-state index in [2.05, 4.69) is 5.16 Å². The number of carbonyl (C=O) groups is 1. The van der Waals surface area contributed by atoms with E-state index in [0.717, 1.165) is 0 Å². The molecule has 0 aliphatic carbocycles. The molecular formula is C11H14N2O3. The van der Waals surface area contributed by atoms with Crippen LogP contribution < -0.4 is 0 Å². The van der Waals surface area contributed by atoms with Crippen molar-refractivity contribution in [3.05, 3.63) is 17.0 Å². The molecule has 16 heavy (non-hydrogen) atoms. The van der Waals surface area contributed by atoms with Gasteiger partial charge in [0.05, 0.1) is 18.2 Å². The van der Waals surface area contributed by atoms with Crippen molar-refractivity contribution >= 4 is 5.97 Å². The number of hydrogen-bond donors (Lipinski definition) is 0. The quantitative estimate of drug-likeness (QED) is 0.729. The van der Waals surface area contributed by atoms with Gasteiger partial charge in [0.2, 0.25) is 0 Å². The van der Waals surface area contributed by atoms with E-state index in [1.165, 1.54) is 0 Å². The Morgan fingerprint density at radius 3 is 2.75 bits per heavy atom. The van der Waals surface area contributed by atoms with Gasteiger partial charge in [-0.25, -0.2) is 4.79 Å². The Bertz CT molecular complexity index is 398. The van der Waals surface area contributed by atoms with Crippen LogP contribution in [0.4, 0.5) is 0 Å². The molecule has 0 aliphatic rings. The molecule has 0 bridgehead atoms. The number of rotatable bonds is 4. The van der Waals surface area contributed by atoms with E-state index in [1.807, 2.05) is 13.0 Å². The highest BCUT2D eigenvalue weighted by Crippen LogP contribution is 2.15. The zero-order valence-corrected chi connectivity index (χ0v) is 9.61. The molecule has 0 fully saturated rings. The van der Waals surface area contributed by atoms with E-state index < -0.39 is 5.97 Å². The summed E-state index contributed by atoms with van der Waals surface area (Å²) >= 11 is 0. The summed E-state index contributed by atoms with van der Waals surface area (Å²) in [5, 5.41) is 12.2. The molecule has 1 rings (SSSR count). The maximum Gasteiger partial charge on any atom is 0.343 e. The second kappa shape index (κ2) is 5.31. The van der Waals surface area contributed by atoms with Gasteiger partial charge in [0.15, 0.2) is 0 Å². The van der Waals surface area contributed by atoms with Crippen LogP contribution >= 0.6 is 0 Å². The van der Waals surface area contributed by atoms with Crippen LogP contribution in [0.3, 0.4) is 0 Å². The first-order valence-electron chi connectivity index (χ1n) is 5.11. The topological polar surface area (TPSA) is 76.1 Å². The van der Waals surface area contributed by atoms with Crippen molar-refractivity contribution < 1.29 is 14.1 Å². The average Bonchev–Trinajstić information content (AvgIpc) is 2.57. The van der Waals surface area contributed by atoms with E-state index >= 15 is 0 Å². The number of ether oxygens (including phenoxy) is 1. The molecule has 0 saturated heterocycles. The van der Waals surface area contributed by atoms with Crippen LogP contribution in [0.5, 0.6) is 0 Å². The summed E-state index contributed by atoms with van der Waals surface area (Å²) in [5.74, 6) is -0.0346. The van der Waals surface area contributed by atoms with Gasteiger partial charge in [-0.2, -0.15) is 5.26 Å². The third-order valence-electron chi connectivity index (χ3n) is 2.29. The second-order valence-electron chi connectivity index (χ2n) is 3.50. The lowest BCUT2D eigenvalue weighted by Crippen LogP contribution is -2.17. The highest BCUT2D eigenvalue weighted by Gasteiger charge is 2.21. The number of nitriles is 1. The molecule has 0 N–H and O–H groups in total. The molecular weight excluding hydrogens is 208 g/mol. The standard InChI is InChI=1S/C11H14N2O3/c1-4-9(5-6-12)15-11(14)10-7(2)13-16-8(10)3/h9H,4-5H2,1-3H3. The Hall–Kier alpha value is -1.83. The molecule has 86 valence electrons. The highest BCUT2D eigenvalue weighted by atomic mass is 16.5. The van der Waals surface area contributed by atoms with Gasteiger partial charge < -0.3 is 9.26 Å². The van der Waals surface area contributed by atoms with Gasteiger partial charge in [-0.15, -0.1) is 0 Å². The number of aryl methyl sites for hydroxylation is 2. The molecule has 1 aromatic heterocycles. The Morgan fingerprint density at radius 2 is 2.31 bits per heavy atom. The van der Waals surface area contributed by atoms with Crippen LogP contribution in [0.25, 0.3) is 0 Å². The highest BCUT2D eigenvalue weighted by molar-refractivity contribution is 5.91. The van der Waals surface area contributed by atoms with E-state index in [-0.39, 0.29) is 12.5 Å². The molecule has 1 aromatic rings. The average molecular weight is 222 g/mol.